The highest BCUT2D eigenvalue weighted by Gasteiger charge is 2.20. The van der Waals surface area contributed by atoms with E-state index in [1.807, 2.05) is 19.1 Å². The second-order valence-corrected chi connectivity index (χ2v) is 4.41. The third-order valence-corrected chi connectivity index (χ3v) is 2.93. The van der Waals surface area contributed by atoms with E-state index < -0.39 is 17.9 Å². The van der Waals surface area contributed by atoms with Crippen LogP contribution in [0, 0.1) is 6.92 Å². The average Bonchev–Trinajstić information content (AvgIpc) is 2.83. The van der Waals surface area contributed by atoms with E-state index in [1.54, 1.807) is 16.7 Å². The van der Waals surface area contributed by atoms with Crippen molar-refractivity contribution in [3.63, 3.8) is 0 Å². The Labute approximate surface area is 115 Å². The van der Waals surface area contributed by atoms with E-state index in [1.165, 1.54) is 6.08 Å². The average molecular weight is 273 g/mol. The minimum Gasteiger partial charge on any atom is -0.480 e. The molecule has 1 unspecified atom stereocenters. The summed E-state index contributed by atoms with van der Waals surface area (Å²) >= 11 is 0. The minimum absolute atomic E-state index is 0.160. The lowest BCUT2D eigenvalue weighted by Gasteiger charge is -2.10. The molecule has 0 aliphatic carbocycles. The first-order valence-corrected chi connectivity index (χ1v) is 6.12. The molecule has 0 saturated carbocycles. The molecule has 0 bridgehead atoms. The molecule has 0 aliphatic rings. The zero-order chi connectivity index (χ0) is 14.7. The van der Waals surface area contributed by atoms with E-state index in [4.69, 9.17) is 5.11 Å². The number of imidazole rings is 1. The van der Waals surface area contributed by atoms with Crippen LogP contribution in [0.2, 0.25) is 0 Å². The van der Waals surface area contributed by atoms with Gasteiger partial charge in [0.15, 0.2) is 0 Å². The molecule has 0 saturated heterocycles. The van der Waals surface area contributed by atoms with E-state index in [0.29, 0.717) is 5.65 Å². The number of nitrogens with zero attached hydrogens (tertiary/aromatic N) is 2. The molecule has 0 fully saturated rings. The van der Waals surface area contributed by atoms with Gasteiger partial charge in [-0.05, 0) is 25.5 Å². The molecule has 2 heterocycles. The first kappa shape index (κ1) is 13.8. The minimum atomic E-state index is -1.10. The monoisotopic (exact) mass is 273 g/mol. The van der Waals surface area contributed by atoms with E-state index >= 15 is 0 Å². The van der Waals surface area contributed by atoms with Crippen LogP contribution >= 0.6 is 0 Å². The third-order valence-electron chi connectivity index (χ3n) is 2.93. The summed E-state index contributed by atoms with van der Waals surface area (Å²) in [5.74, 6) is -1.61. The van der Waals surface area contributed by atoms with E-state index in [-0.39, 0.29) is 12.1 Å². The normalized spacial score (nSPS) is 12.1. The maximum Gasteiger partial charge on any atom is 0.326 e. The standard InChI is InChI=1S/C14H15N3O3/c1-3-5-10(14(19)20)16-13(18)11-8-17-9(2)6-4-7-12(17)15-11/h3-4,6-8,10H,1,5H2,2H3,(H,16,18)(H,19,20). The maximum atomic E-state index is 12.0. The Kier molecular flexibility index (Phi) is 3.84. The molecular weight excluding hydrogens is 258 g/mol. The zero-order valence-electron chi connectivity index (χ0n) is 11.0. The number of amides is 1. The van der Waals surface area contributed by atoms with Crippen molar-refractivity contribution in [2.45, 2.75) is 19.4 Å². The fraction of sp³-hybridized carbons (Fsp3) is 0.214. The lowest BCUT2D eigenvalue weighted by Crippen LogP contribution is -2.40. The van der Waals surface area contributed by atoms with E-state index in [9.17, 15) is 9.59 Å². The maximum absolute atomic E-state index is 12.0. The molecule has 0 spiro atoms. The van der Waals surface area contributed by atoms with Gasteiger partial charge in [0.25, 0.3) is 5.91 Å². The number of carbonyl (C=O) groups is 2. The Hall–Kier alpha value is -2.63. The van der Waals surface area contributed by atoms with Crippen LogP contribution in [0.1, 0.15) is 22.6 Å². The SMILES string of the molecule is C=CCC(NC(=O)c1cn2c(C)cccc2n1)C(=O)O. The fourth-order valence-corrected chi connectivity index (χ4v) is 1.88. The molecule has 1 atom stereocenters. The highest BCUT2D eigenvalue weighted by Crippen LogP contribution is 2.08. The van der Waals surface area contributed by atoms with Crippen LogP contribution in [-0.4, -0.2) is 32.4 Å². The van der Waals surface area contributed by atoms with Crippen LogP contribution in [-0.2, 0) is 4.79 Å². The molecule has 20 heavy (non-hydrogen) atoms. The zero-order valence-corrected chi connectivity index (χ0v) is 11.0. The van der Waals surface area contributed by atoms with Crippen molar-refractivity contribution in [3.05, 3.63) is 48.4 Å². The molecule has 2 N–H and O–H groups in total. The predicted octanol–water partition coefficient (Wildman–Crippen LogP) is 1.40. The smallest absolute Gasteiger partial charge is 0.326 e. The number of pyridine rings is 1. The molecule has 1 amide bonds. The number of carboxylic acids is 1. The number of nitrogens with one attached hydrogen (secondary N) is 1. The summed E-state index contributed by atoms with van der Waals surface area (Å²) < 4.78 is 1.78. The Bertz CT molecular complexity index is 675. The molecule has 0 radical (unpaired) electrons. The number of rotatable bonds is 5. The van der Waals surface area contributed by atoms with Gasteiger partial charge in [-0.1, -0.05) is 12.1 Å². The van der Waals surface area contributed by atoms with Gasteiger partial charge in [0.05, 0.1) is 0 Å². The number of aromatic nitrogens is 2. The molecule has 104 valence electrons. The highest BCUT2D eigenvalue weighted by molar-refractivity contribution is 5.95. The molecule has 2 aromatic heterocycles. The number of carbonyl (C=O) groups excluding carboxylic acids is 1. The van der Waals surface area contributed by atoms with Crippen molar-refractivity contribution in [2.75, 3.05) is 0 Å². The Morgan fingerprint density at radius 3 is 2.90 bits per heavy atom. The van der Waals surface area contributed by atoms with Crippen molar-refractivity contribution >= 4 is 17.5 Å². The molecule has 6 heteroatoms. The number of hydrogen-bond acceptors (Lipinski definition) is 3. The van der Waals surface area contributed by atoms with Crippen molar-refractivity contribution in [1.82, 2.24) is 14.7 Å². The van der Waals surface area contributed by atoms with Crippen LogP contribution in [0.15, 0.2) is 37.1 Å². The second-order valence-electron chi connectivity index (χ2n) is 4.41. The molecule has 0 aliphatic heterocycles. The van der Waals surface area contributed by atoms with Gasteiger partial charge in [-0.3, -0.25) is 4.79 Å². The number of aliphatic carboxylic acids is 1. The van der Waals surface area contributed by atoms with E-state index in [2.05, 4.69) is 16.9 Å². The summed E-state index contributed by atoms with van der Waals surface area (Å²) in [7, 11) is 0. The summed E-state index contributed by atoms with van der Waals surface area (Å²) in [6, 6.07) is 4.53. The van der Waals surface area contributed by atoms with Gasteiger partial charge in [-0.15, -0.1) is 6.58 Å². The van der Waals surface area contributed by atoms with Crippen molar-refractivity contribution in [3.8, 4) is 0 Å². The second kappa shape index (κ2) is 5.56. The van der Waals surface area contributed by atoms with Gasteiger partial charge in [0, 0.05) is 11.9 Å². The number of hydrogen-bond donors (Lipinski definition) is 2. The van der Waals surface area contributed by atoms with Gasteiger partial charge >= 0.3 is 5.97 Å². The van der Waals surface area contributed by atoms with Crippen LogP contribution in [0.3, 0.4) is 0 Å². The number of aryl methyl sites for hydroxylation is 1. The van der Waals surface area contributed by atoms with Gasteiger partial charge in [-0.2, -0.15) is 0 Å². The Morgan fingerprint density at radius 2 is 2.30 bits per heavy atom. The highest BCUT2D eigenvalue weighted by atomic mass is 16.4. The largest absolute Gasteiger partial charge is 0.480 e. The topological polar surface area (TPSA) is 83.7 Å². The van der Waals surface area contributed by atoms with E-state index in [0.717, 1.165) is 5.69 Å². The van der Waals surface area contributed by atoms with Gasteiger partial charge in [-0.25, -0.2) is 9.78 Å². The van der Waals surface area contributed by atoms with Gasteiger partial charge in [0.1, 0.15) is 17.4 Å². The van der Waals surface area contributed by atoms with Crippen LogP contribution in [0.25, 0.3) is 5.65 Å². The molecule has 2 rings (SSSR count). The summed E-state index contributed by atoms with van der Waals surface area (Å²) in [6.07, 6.45) is 3.20. The summed E-state index contributed by atoms with van der Waals surface area (Å²) in [4.78, 5) is 27.2. The quantitative estimate of drug-likeness (QED) is 0.807. The van der Waals surface area contributed by atoms with Crippen molar-refractivity contribution in [1.29, 1.82) is 0 Å². The van der Waals surface area contributed by atoms with Crippen LogP contribution in [0.5, 0.6) is 0 Å². The summed E-state index contributed by atoms with van der Waals surface area (Å²) in [5.41, 5.74) is 1.77. The lowest BCUT2D eigenvalue weighted by molar-refractivity contribution is -0.139. The first-order valence-electron chi connectivity index (χ1n) is 6.12. The summed E-state index contributed by atoms with van der Waals surface area (Å²) in [5, 5.41) is 11.4. The predicted molar refractivity (Wildman–Crippen MR) is 73.6 cm³/mol. The summed E-state index contributed by atoms with van der Waals surface area (Å²) in [6.45, 7) is 5.37. The molecule has 2 aromatic rings. The Balaban J connectivity index is 2.25. The lowest BCUT2D eigenvalue weighted by atomic mass is 10.2. The van der Waals surface area contributed by atoms with Crippen molar-refractivity contribution < 1.29 is 14.7 Å². The van der Waals surface area contributed by atoms with Crippen LogP contribution in [0.4, 0.5) is 0 Å². The number of carboxylic acid groups (broad SMARTS) is 1. The third kappa shape index (κ3) is 2.69. The van der Waals surface area contributed by atoms with Crippen molar-refractivity contribution in [2.24, 2.45) is 0 Å². The van der Waals surface area contributed by atoms with Crippen LogP contribution < -0.4 is 5.32 Å². The Morgan fingerprint density at radius 1 is 1.55 bits per heavy atom. The van der Waals surface area contributed by atoms with Gasteiger partial charge < -0.3 is 14.8 Å². The first-order chi connectivity index (χ1) is 9.52. The van der Waals surface area contributed by atoms with Gasteiger partial charge in [0.2, 0.25) is 0 Å². The number of fused-ring (bicyclic) bond motifs is 1. The molecular formula is C14H15N3O3. The fourth-order valence-electron chi connectivity index (χ4n) is 1.88. The molecule has 6 nitrogen and oxygen atoms in total. The molecule has 0 aromatic carbocycles.